The number of hydrogen-bond donors (Lipinski definition) is 1. The third-order valence-corrected chi connectivity index (χ3v) is 4.26. The molecule has 1 aromatic carbocycles. The lowest BCUT2D eigenvalue weighted by molar-refractivity contribution is 0.0973. The molecule has 1 heterocycles. The third kappa shape index (κ3) is 2.23. The number of benzene rings is 1. The van der Waals surface area contributed by atoms with Gasteiger partial charge >= 0.3 is 0 Å². The van der Waals surface area contributed by atoms with Crippen LogP contribution in [0.15, 0.2) is 57.8 Å². The fourth-order valence-corrected chi connectivity index (χ4v) is 3.10. The highest BCUT2D eigenvalue weighted by atomic mass is 79.9. The average molecular weight is 382 g/mol. The van der Waals surface area contributed by atoms with E-state index in [1.807, 2.05) is 12.1 Å². The second kappa shape index (κ2) is 5.98. The second-order valence-corrected chi connectivity index (χ2v) is 5.97. The monoisotopic (exact) mass is 381 g/mol. The van der Waals surface area contributed by atoms with Crippen molar-refractivity contribution in [2.45, 2.75) is 0 Å². The molecular weight excluding hydrogens is 370 g/mol. The van der Waals surface area contributed by atoms with Crippen LogP contribution in [0.25, 0.3) is 17.0 Å². The van der Waals surface area contributed by atoms with Crippen LogP contribution in [0.2, 0.25) is 0 Å². The van der Waals surface area contributed by atoms with Gasteiger partial charge in [-0.1, -0.05) is 34.7 Å². The van der Waals surface area contributed by atoms with Crippen molar-refractivity contribution in [3.05, 3.63) is 69.6 Å². The van der Waals surface area contributed by atoms with Crippen molar-refractivity contribution in [2.24, 2.45) is 10.7 Å². The fourth-order valence-electron chi connectivity index (χ4n) is 2.75. The second-order valence-electron chi connectivity index (χ2n) is 5.05. The number of aromatic nitrogens is 1. The Labute approximate surface area is 146 Å². The summed E-state index contributed by atoms with van der Waals surface area (Å²) in [5, 5.41) is 0.713. The van der Waals surface area contributed by atoms with Gasteiger partial charge in [-0.2, -0.15) is 0 Å². The van der Waals surface area contributed by atoms with Crippen LogP contribution in [0.1, 0.15) is 26.4 Å². The molecule has 1 aliphatic rings. The first kappa shape index (κ1) is 16.0. The van der Waals surface area contributed by atoms with E-state index in [4.69, 9.17) is 5.73 Å². The smallest absolute Gasteiger partial charge is 0.215 e. The molecule has 0 aliphatic heterocycles. The van der Waals surface area contributed by atoms with Crippen LogP contribution in [-0.2, 0) is 0 Å². The summed E-state index contributed by atoms with van der Waals surface area (Å²) in [5.74, 6) is -0.824. The maximum absolute atomic E-state index is 12.9. The first-order chi connectivity index (χ1) is 11.5. The number of halogens is 1. The first-order valence-electron chi connectivity index (χ1n) is 6.97. The highest BCUT2D eigenvalue weighted by Gasteiger charge is 2.34. The topological polar surface area (TPSA) is 85.4 Å². The minimum Gasteiger partial charge on any atom is -0.405 e. The Hall–Kier alpha value is -2.86. The number of carbonyl (C=O) groups excluding carboxylic acids is 2. The number of allylic oxidation sites excluding steroid dienone is 3. The van der Waals surface area contributed by atoms with Crippen LogP contribution in [0.4, 0.5) is 0 Å². The van der Waals surface area contributed by atoms with Gasteiger partial charge in [0.05, 0.1) is 16.7 Å². The maximum Gasteiger partial charge on any atom is 0.215 e. The number of nitrogens with two attached hydrogens (primary N) is 1. The number of aliphatic imine (C=N–C) groups is 1. The SMILES string of the molecule is C=CC1=C(N=C)C(=O)c2c(nc3cc(Br)ccc3c2/C=C/N)C1=O. The van der Waals surface area contributed by atoms with Gasteiger partial charge in [-0.3, -0.25) is 14.6 Å². The molecule has 3 rings (SSSR count). The molecule has 0 bridgehead atoms. The molecule has 2 N–H and O–H groups in total. The first-order valence-corrected chi connectivity index (χ1v) is 7.77. The summed E-state index contributed by atoms with van der Waals surface area (Å²) < 4.78 is 0.813. The summed E-state index contributed by atoms with van der Waals surface area (Å²) in [7, 11) is 0. The summed E-state index contributed by atoms with van der Waals surface area (Å²) in [6.07, 6.45) is 4.21. The van der Waals surface area contributed by atoms with Crippen LogP contribution in [0, 0.1) is 0 Å². The van der Waals surface area contributed by atoms with Crippen molar-refractivity contribution < 1.29 is 9.59 Å². The standard InChI is InChI=1S/C18H12BrN3O2/c1-3-10-15(21-2)18(24)14-12(6-7-20)11-5-4-9(19)8-13(11)22-16(14)17(10)23/h3-8H,1-2,20H2/b7-6+. The molecular formula is C18H12BrN3O2. The van der Waals surface area contributed by atoms with E-state index in [-0.39, 0.29) is 22.5 Å². The van der Waals surface area contributed by atoms with E-state index in [1.165, 1.54) is 12.3 Å². The lowest BCUT2D eigenvalue weighted by Crippen LogP contribution is -2.23. The quantitative estimate of drug-likeness (QED) is 0.824. The van der Waals surface area contributed by atoms with Crippen LogP contribution in [-0.4, -0.2) is 23.3 Å². The highest BCUT2D eigenvalue weighted by Crippen LogP contribution is 2.34. The Morgan fingerprint density at radius 2 is 2.00 bits per heavy atom. The number of Topliss-reactive ketones (excluding diaryl/α,β-unsaturated/α-hetero) is 2. The van der Waals surface area contributed by atoms with Gasteiger partial charge in [0, 0.05) is 9.86 Å². The number of hydrogen-bond acceptors (Lipinski definition) is 5. The zero-order valence-electron chi connectivity index (χ0n) is 12.5. The summed E-state index contributed by atoms with van der Waals surface area (Å²) in [5.41, 5.74) is 7.00. The van der Waals surface area contributed by atoms with Gasteiger partial charge < -0.3 is 5.73 Å². The van der Waals surface area contributed by atoms with Crippen molar-refractivity contribution in [3.63, 3.8) is 0 Å². The van der Waals surface area contributed by atoms with Gasteiger partial charge in [0.25, 0.3) is 0 Å². The molecule has 0 saturated carbocycles. The summed E-state index contributed by atoms with van der Waals surface area (Å²) >= 11 is 3.38. The zero-order valence-corrected chi connectivity index (χ0v) is 14.1. The Morgan fingerprint density at radius 1 is 1.25 bits per heavy atom. The number of nitrogens with zero attached hydrogens (tertiary/aromatic N) is 2. The number of carbonyl (C=O) groups is 2. The van der Waals surface area contributed by atoms with Crippen LogP contribution in [0.3, 0.4) is 0 Å². The number of pyridine rings is 1. The summed E-state index contributed by atoms with van der Waals surface area (Å²) in [4.78, 5) is 33.7. The molecule has 0 fully saturated rings. The van der Waals surface area contributed by atoms with Crippen molar-refractivity contribution in [2.75, 3.05) is 0 Å². The summed E-state index contributed by atoms with van der Waals surface area (Å²) in [6.45, 7) is 6.98. The Balaban J connectivity index is 2.49. The fraction of sp³-hybridized carbons (Fsp3) is 0. The zero-order chi connectivity index (χ0) is 17.4. The minimum atomic E-state index is -0.417. The largest absolute Gasteiger partial charge is 0.405 e. The molecule has 0 amide bonds. The average Bonchev–Trinajstić information content (AvgIpc) is 2.57. The molecule has 6 heteroatoms. The lowest BCUT2D eigenvalue weighted by Gasteiger charge is -2.19. The van der Waals surface area contributed by atoms with Crippen LogP contribution < -0.4 is 5.73 Å². The van der Waals surface area contributed by atoms with Gasteiger partial charge in [-0.15, -0.1) is 0 Å². The van der Waals surface area contributed by atoms with Gasteiger partial charge in [-0.25, -0.2) is 4.98 Å². The molecule has 2 aromatic rings. The minimum absolute atomic E-state index is 0.0209. The van der Waals surface area contributed by atoms with E-state index in [9.17, 15) is 9.59 Å². The molecule has 0 saturated heterocycles. The van der Waals surface area contributed by atoms with Gasteiger partial charge in [0.1, 0.15) is 11.4 Å². The van der Waals surface area contributed by atoms with Gasteiger partial charge in [0.15, 0.2) is 0 Å². The molecule has 1 aromatic heterocycles. The molecule has 0 radical (unpaired) electrons. The maximum atomic E-state index is 12.9. The van der Waals surface area contributed by atoms with Crippen molar-refractivity contribution in [1.82, 2.24) is 4.98 Å². The number of fused-ring (bicyclic) bond motifs is 2. The van der Waals surface area contributed by atoms with Crippen LogP contribution in [0.5, 0.6) is 0 Å². The van der Waals surface area contributed by atoms with Crippen molar-refractivity contribution in [3.8, 4) is 0 Å². The van der Waals surface area contributed by atoms with Crippen molar-refractivity contribution in [1.29, 1.82) is 0 Å². The molecule has 0 atom stereocenters. The molecule has 118 valence electrons. The molecule has 0 unspecified atom stereocenters. The van der Waals surface area contributed by atoms with E-state index in [2.05, 4.69) is 39.2 Å². The Kier molecular flexibility index (Phi) is 3.99. The lowest BCUT2D eigenvalue weighted by atomic mass is 9.86. The number of ketones is 2. The van der Waals surface area contributed by atoms with E-state index < -0.39 is 11.6 Å². The molecule has 24 heavy (non-hydrogen) atoms. The molecule has 0 spiro atoms. The molecule has 5 nitrogen and oxygen atoms in total. The summed E-state index contributed by atoms with van der Waals surface area (Å²) in [6, 6.07) is 5.42. The van der Waals surface area contributed by atoms with E-state index in [0.29, 0.717) is 16.5 Å². The normalized spacial score (nSPS) is 14.4. The third-order valence-electron chi connectivity index (χ3n) is 3.77. The predicted octanol–water partition coefficient (Wildman–Crippen LogP) is 3.45. The van der Waals surface area contributed by atoms with Gasteiger partial charge in [-0.05, 0) is 36.7 Å². The number of rotatable bonds is 3. The van der Waals surface area contributed by atoms with E-state index >= 15 is 0 Å². The Morgan fingerprint density at radius 3 is 2.62 bits per heavy atom. The van der Waals surface area contributed by atoms with E-state index in [1.54, 1.807) is 12.1 Å². The molecule has 1 aliphatic carbocycles. The van der Waals surface area contributed by atoms with Gasteiger partial charge in [0.2, 0.25) is 11.6 Å². The van der Waals surface area contributed by atoms with Crippen molar-refractivity contribution >= 4 is 51.2 Å². The highest BCUT2D eigenvalue weighted by molar-refractivity contribution is 9.10. The van der Waals surface area contributed by atoms with E-state index in [0.717, 1.165) is 4.47 Å². The predicted molar refractivity (Wildman–Crippen MR) is 98.1 cm³/mol. The Bertz CT molecular complexity index is 1000. The van der Waals surface area contributed by atoms with Crippen LogP contribution >= 0.6 is 15.9 Å².